The Balaban J connectivity index is 1.82. The molecule has 0 fully saturated rings. The number of hydrogen-bond acceptors (Lipinski definition) is 2. The molecule has 1 N–H and O–H groups in total. The van der Waals surface area contributed by atoms with Crippen LogP contribution in [0.5, 0.6) is 0 Å². The zero-order valence-corrected chi connectivity index (χ0v) is 20.5. The molecular formula is C24H18BCl3F4N2O. The molecule has 1 heterocycles. The van der Waals surface area contributed by atoms with Crippen molar-refractivity contribution in [1.29, 1.82) is 0 Å². The summed E-state index contributed by atoms with van der Waals surface area (Å²) < 4.78 is 54.9. The van der Waals surface area contributed by atoms with Crippen LogP contribution >= 0.6 is 34.8 Å². The molecule has 35 heavy (non-hydrogen) atoms. The van der Waals surface area contributed by atoms with E-state index in [4.69, 9.17) is 34.8 Å². The van der Waals surface area contributed by atoms with Gasteiger partial charge < -0.3 is 5.32 Å². The van der Waals surface area contributed by atoms with Gasteiger partial charge in [-0.1, -0.05) is 77.4 Å². The second kappa shape index (κ2) is 11.5. The highest BCUT2D eigenvalue weighted by atomic mass is 35.5. The third-order valence-corrected chi connectivity index (χ3v) is 5.97. The minimum absolute atomic E-state index is 0.240. The second-order valence-electron chi connectivity index (χ2n) is 7.62. The largest absolute Gasteiger partial charge is 0.399 e. The number of nitrogens with one attached hydrogen (secondary N) is 1. The van der Waals surface area contributed by atoms with Crippen molar-refractivity contribution in [3.8, 4) is 0 Å². The van der Waals surface area contributed by atoms with Gasteiger partial charge >= 0.3 is 6.18 Å². The van der Waals surface area contributed by atoms with Crippen LogP contribution in [0.1, 0.15) is 33.0 Å². The number of nitrogens with zero attached hydrogens (tertiary/aromatic N) is 1. The third-order valence-electron chi connectivity index (χ3n) is 5.20. The van der Waals surface area contributed by atoms with E-state index in [0.29, 0.717) is 29.0 Å². The summed E-state index contributed by atoms with van der Waals surface area (Å²) in [4.78, 5) is 16.6. The Morgan fingerprint density at radius 2 is 1.80 bits per heavy atom. The normalized spacial score (nSPS) is 12.6. The molecule has 0 saturated heterocycles. The summed E-state index contributed by atoms with van der Waals surface area (Å²) in [6.45, 7) is 2.08. The summed E-state index contributed by atoms with van der Waals surface area (Å²) in [7, 11) is 0.485. The van der Waals surface area contributed by atoms with Crippen LogP contribution in [0.3, 0.4) is 0 Å². The van der Waals surface area contributed by atoms with Crippen LogP contribution in [0, 0.1) is 5.82 Å². The molecule has 1 atom stereocenters. The first kappa shape index (κ1) is 27.0. The number of rotatable bonds is 7. The first-order chi connectivity index (χ1) is 16.5. The number of allylic oxidation sites excluding steroid dienone is 1. The Morgan fingerprint density at radius 3 is 2.37 bits per heavy atom. The minimum atomic E-state index is -4.66. The smallest absolute Gasteiger partial charge is 0.348 e. The number of alkyl halides is 3. The van der Waals surface area contributed by atoms with E-state index >= 15 is 0 Å². The van der Waals surface area contributed by atoms with Gasteiger partial charge in [-0.3, -0.25) is 4.79 Å². The highest BCUT2D eigenvalue weighted by Crippen LogP contribution is 2.39. The fraction of sp³-hybridized carbons (Fsp3) is 0.167. The van der Waals surface area contributed by atoms with E-state index in [0.717, 1.165) is 23.8 Å². The molecule has 182 valence electrons. The van der Waals surface area contributed by atoms with E-state index in [1.165, 1.54) is 6.08 Å². The highest BCUT2D eigenvalue weighted by Gasteiger charge is 2.39. The molecule has 3 nitrogen and oxygen atoms in total. The number of halogens is 7. The Bertz CT molecular complexity index is 1230. The Morgan fingerprint density at radius 1 is 1.11 bits per heavy atom. The third kappa shape index (κ3) is 7.00. The number of amides is 1. The van der Waals surface area contributed by atoms with E-state index in [9.17, 15) is 22.4 Å². The molecular weight excluding hydrogens is 525 g/mol. The first-order valence-corrected chi connectivity index (χ1v) is 11.5. The SMILES string of the molecule is CBc1cc(/C=C/C(c2cc(Cl)c(F)c(Cl)c2)C(F)(F)F)ccc1C(=O)NCc1ccc(Cl)nc1. The summed E-state index contributed by atoms with van der Waals surface area (Å²) in [5, 5.41) is 2.15. The minimum Gasteiger partial charge on any atom is -0.348 e. The Hall–Kier alpha value is -2.55. The highest BCUT2D eigenvalue weighted by molar-refractivity contribution is 6.54. The number of aromatic nitrogens is 1. The lowest BCUT2D eigenvalue weighted by Gasteiger charge is -2.18. The van der Waals surface area contributed by atoms with Crippen molar-refractivity contribution in [2.24, 2.45) is 0 Å². The van der Waals surface area contributed by atoms with Gasteiger partial charge in [0.2, 0.25) is 0 Å². The van der Waals surface area contributed by atoms with Crippen molar-refractivity contribution in [2.75, 3.05) is 0 Å². The number of benzene rings is 2. The molecule has 0 radical (unpaired) electrons. The van der Waals surface area contributed by atoms with E-state index < -0.39 is 28.0 Å². The van der Waals surface area contributed by atoms with Gasteiger partial charge in [0.25, 0.3) is 5.91 Å². The van der Waals surface area contributed by atoms with Crippen LogP contribution in [-0.4, -0.2) is 24.3 Å². The van der Waals surface area contributed by atoms with Gasteiger partial charge in [-0.25, -0.2) is 9.37 Å². The molecule has 1 unspecified atom stereocenters. The zero-order chi connectivity index (χ0) is 25.8. The van der Waals surface area contributed by atoms with E-state index in [2.05, 4.69) is 10.3 Å². The lowest BCUT2D eigenvalue weighted by molar-refractivity contribution is -0.139. The van der Waals surface area contributed by atoms with Crippen molar-refractivity contribution >= 4 is 59.5 Å². The summed E-state index contributed by atoms with van der Waals surface area (Å²) in [6, 6.07) is 9.92. The zero-order valence-electron chi connectivity index (χ0n) is 18.3. The first-order valence-electron chi connectivity index (χ1n) is 10.4. The van der Waals surface area contributed by atoms with Crippen molar-refractivity contribution in [1.82, 2.24) is 10.3 Å². The van der Waals surface area contributed by atoms with Crippen LogP contribution < -0.4 is 10.8 Å². The van der Waals surface area contributed by atoms with E-state index in [-0.39, 0.29) is 18.0 Å². The van der Waals surface area contributed by atoms with Crippen LogP contribution in [0.25, 0.3) is 6.08 Å². The van der Waals surface area contributed by atoms with Crippen molar-refractivity contribution < 1.29 is 22.4 Å². The second-order valence-corrected chi connectivity index (χ2v) is 8.82. The summed E-state index contributed by atoms with van der Waals surface area (Å²) in [6.07, 6.45) is -0.869. The quantitative estimate of drug-likeness (QED) is 0.158. The molecule has 11 heteroatoms. The number of carbonyl (C=O) groups is 1. The molecule has 0 aliphatic rings. The van der Waals surface area contributed by atoms with Gasteiger partial charge in [0, 0.05) is 18.3 Å². The molecule has 0 aliphatic carbocycles. The number of carbonyl (C=O) groups excluding carboxylic acids is 1. The molecule has 0 aliphatic heterocycles. The molecule has 1 aromatic heterocycles. The van der Waals surface area contributed by atoms with Crippen molar-refractivity contribution in [3.05, 3.63) is 98.0 Å². The summed E-state index contributed by atoms with van der Waals surface area (Å²) >= 11 is 17.1. The van der Waals surface area contributed by atoms with Crippen LogP contribution in [0.4, 0.5) is 17.6 Å². The van der Waals surface area contributed by atoms with E-state index in [1.54, 1.807) is 36.5 Å². The fourth-order valence-electron chi connectivity index (χ4n) is 3.39. The topological polar surface area (TPSA) is 42.0 Å². The maximum absolute atomic E-state index is 13.7. The molecule has 0 saturated carbocycles. The molecule has 3 aromatic rings. The average molecular weight is 544 g/mol. The number of hydrogen-bond donors (Lipinski definition) is 1. The van der Waals surface area contributed by atoms with E-state index in [1.807, 2.05) is 6.82 Å². The monoisotopic (exact) mass is 542 g/mol. The predicted octanol–water partition coefficient (Wildman–Crippen LogP) is 6.58. The molecule has 0 bridgehead atoms. The Labute approximate surface area is 215 Å². The summed E-state index contributed by atoms with van der Waals surface area (Å²) in [5.41, 5.74) is 2.02. The lowest BCUT2D eigenvalue weighted by Crippen LogP contribution is -2.30. The fourth-order valence-corrected chi connectivity index (χ4v) is 4.01. The van der Waals surface area contributed by atoms with Crippen LogP contribution in [0.15, 0.2) is 54.7 Å². The predicted molar refractivity (Wildman–Crippen MR) is 134 cm³/mol. The maximum atomic E-state index is 13.7. The summed E-state index contributed by atoms with van der Waals surface area (Å²) in [5.74, 6) is -3.36. The molecule has 2 aromatic carbocycles. The Kier molecular flexibility index (Phi) is 8.86. The standard InChI is InChI=1S/C24H18BCl3F4N2O/c1-25-18-8-13(2-5-16(18)23(35)34-12-14-4-7-21(28)33-11-14)3-6-17(24(30,31)32)15-9-19(26)22(29)20(27)10-15/h2-11,17,25H,12H2,1H3,(H,34,35)/b6-3+. The van der Waals surface area contributed by atoms with Crippen molar-refractivity contribution in [3.63, 3.8) is 0 Å². The van der Waals surface area contributed by atoms with Gasteiger partial charge in [-0.15, -0.1) is 0 Å². The average Bonchev–Trinajstić information content (AvgIpc) is 2.81. The maximum Gasteiger partial charge on any atom is 0.399 e. The van der Waals surface area contributed by atoms with Gasteiger partial charge in [-0.2, -0.15) is 13.2 Å². The molecule has 3 rings (SSSR count). The van der Waals surface area contributed by atoms with Gasteiger partial charge in [0.05, 0.1) is 16.0 Å². The van der Waals surface area contributed by atoms with Gasteiger partial charge in [0.15, 0.2) is 13.1 Å². The molecule has 0 spiro atoms. The van der Waals surface area contributed by atoms with Crippen LogP contribution in [-0.2, 0) is 6.54 Å². The number of pyridine rings is 1. The molecule has 1 amide bonds. The van der Waals surface area contributed by atoms with Gasteiger partial charge in [-0.05, 0) is 41.0 Å². The van der Waals surface area contributed by atoms with Gasteiger partial charge in [0.1, 0.15) is 5.15 Å². The van der Waals surface area contributed by atoms with Crippen molar-refractivity contribution in [2.45, 2.75) is 25.5 Å². The lowest BCUT2D eigenvalue weighted by atomic mass is 9.70. The van der Waals surface area contributed by atoms with Crippen LogP contribution in [0.2, 0.25) is 22.0 Å².